The zero-order valence-electron chi connectivity index (χ0n) is 17.4. The molecule has 0 amide bonds. The van der Waals surface area contributed by atoms with E-state index in [9.17, 15) is 0 Å². The van der Waals surface area contributed by atoms with Gasteiger partial charge >= 0.3 is 0 Å². The van der Waals surface area contributed by atoms with Crippen LogP contribution in [0.3, 0.4) is 0 Å². The van der Waals surface area contributed by atoms with Crippen LogP contribution in [-0.2, 0) is 17.9 Å². The van der Waals surface area contributed by atoms with Gasteiger partial charge in [0.05, 0.1) is 12.6 Å². The third-order valence-corrected chi connectivity index (χ3v) is 6.11. The molecule has 5 heteroatoms. The lowest BCUT2D eigenvalue weighted by atomic mass is 9.86. The van der Waals surface area contributed by atoms with Crippen molar-refractivity contribution >= 4 is 5.96 Å². The van der Waals surface area contributed by atoms with Gasteiger partial charge in [0.2, 0.25) is 0 Å². The summed E-state index contributed by atoms with van der Waals surface area (Å²) in [6.07, 6.45) is 5.74. The Kier molecular flexibility index (Phi) is 6.05. The summed E-state index contributed by atoms with van der Waals surface area (Å²) in [5.74, 6) is 1.83. The van der Waals surface area contributed by atoms with Crippen molar-refractivity contribution in [3.05, 3.63) is 65.2 Å². The fourth-order valence-corrected chi connectivity index (χ4v) is 4.64. The van der Waals surface area contributed by atoms with Crippen molar-refractivity contribution in [3.63, 3.8) is 0 Å². The molecule has 1 aliphatic carbocycles. The second-order valence-electron chi connectivity index (χ2n) is 8.06. The smallest absolute Gasteiger partial charge is 0.191 e. The van der Waals surface area contributed by atoms with Gasteiger partial charge in [-0.3, -0.25) is 4.99 Å². The summed E-state index contributed by atoms with van der Waals surface area (Å²) in [6, 6.07) is 16.9. The fourth-order valence-electron chi connectivity index (χ4n) is 4.64. The van der Waals surface area contributed by atoms with Crippen molar-refractivity contribution in [1.29, 1.82) is 0 Å². The highest BCUT2D eigenvalue weighted by molar-refractivity contribution is 5.80. The van der Waals surface area contributed by atoms with Crippen molar-refractivity contribution in [2.75, 3.05) is 14.2 Å². The molecule has 1 fully saturated rings. The van der Waals surface area contributed by atoms with Gasteiger partial charge in [0.25, 0.3) is 0 Å². The molecule has 5 nitrogen and oxygen atoms in total. The zero-order chi connectivity index (χ0) is 20.1. The number of nitrogens with zero attached hydrogens (tertiary/aromatic N) is 1. The lowest BCUT2D eigenvalue weighted by Gasteiger charge is -2.40. The van der Waals surface area contributed by atoms with Crippen LogP contribution in [0.5, 0.6) is 5.75 Å². The summed E-state index contributed by atoms with van der Waals surface area (Å²) in [5.41, 5.74) is 3.60. The largest absolute Gasteiger partial charge is 0.487 e. The highest BCUT2D eigenvalue weighted by Gasteiger charge is 2.43. The van der Waals surface area contributed by atoms with E-state index in [0.29, 0.717) is 13.2 Å². The lowest BCUT2D eigenvalue weighted by Crippen LogP contribution is -2.46. The monoisotopic (exact) mass is 393 g/mol. The highest BCUT2D eigenvalue weighted by atomic mass is 16.5. The topological polar surface area (TPSA) is 54.9 Å². The predicted octanol–water partition coefficient (Wildman–Crippen LogP) is 4.33. The maximum atomic E-state index is 6.48. The van der Waals surface area contributed by atoms with E-state index in [0.717, 1.165) is 31.0 Å². The number of aliphatic imine (C=N–C) groups is 1. The number of ether oxygens (including phenoxy) is 2. The molecule has 4 rings (SSSR count). The van der Waals surface area contributed by atoms with Gasteiger partial charge in [0.1, 0.15) is 11.4 Å². The van der Waals surface area contributed by atoms with E-state index in [4.69, 9.17) is 9.47 Å². The average molecular weight is 394 g/mol. The number of fused-ring (bicyclic) bond motifs is 1. The Bertz CT molecular complexity index is 859. The molecule has 2 aromatic carbocycles. The van der Waals surface area contributed by atoms with E-state index in [1.165, 1.54) is 29.5 Å². The maximum absolute atomic E-state index is 6.48. The maximum Gasteiger partial charge on any atom is 0.191 e. The second-order valence-corrected chi connectivity index (χ2v) is 8.06. The Morgan fingerprint density at radius 2 is 1.83 bits per heavy atom. The van der Waals surface area contributed by atoms with E-state index in [1.54, 1.807) is 7.11 Å². The summed E-state index contributed by atoms with van der Waals surface area (Å²) in [4.78, 5) is 4.48. The third-order valence-electron chi connectivity index (χ3n) is 6.11. The van der Waals surface area contributed by atoms with Gasteiger partial charge in [-0.2, -0.15) is 0 Å². The Morgan fingerprint density at radius 3 is 2.59 bits per heavy atom. The molecule has 0 aromatic heterocycles. The van der Waals surface area contributed by atoms with E-state index in [-0.39, 0.29) is 11.6 Å². The normalized spacial score (nSPS) is 20.2. The van der Waals surface area contributed by atoms with Crippen LogP contribution in [-0.4, -0.2) is 25.7 Å². The third kappa shape index (κ3) is 4.40. The summed E-state index contributed by atoms with van der Waals surface area (Å²) in [7, 11) is 3.55. The van der Waals surface area contributed by atoms with E-state index in [2.05, 4.69) is 58.1 Å². The molecule has 154 valence electrons. The van der Waals surface area contributed by atoms with Gasteiger partial charge in [0, 0.05) is 32.7 Å². The zero-order valence-corrected chi connectivity index (χ0v) is 17.4. The Morgan fingerprint density at radius 1 is 1.10 bits per heavy atom. The average Bonchev–Trinajstić information content (AvgIpc) is 3.19. The van der Waals surface area contributed by atoms with Crippen LogP contribution in [0.25, 0.3) is 0 Å². The van der Waals surface area contributed by atoms with Crippen molar-refractivity contribution in [2.45, 2.75) is 56.9 Å². The molecule has 1 aliphatic heterocycles. The molecule has 1 spiro atoms. The first-order valence-electron chi connectivity index (χ1n) is 10.5. The molecule has 2 aliphatic rings. The molecular formula is C24H31N3O2. The summed E-state index contributed by atoms with van der Waals surface area (Å²) >= 11 is 0. The first-order chi connectivity index (χ1) is 14.2. The Hall–Kier alpha value is -2.53. The molecule has 1 saturated carbocycles. The molecule has 0 saturated heterocycles. The number of guanidine groups is 1. The molecule has 1 heterocycles. The van der Waals surface area contributed by atoms with E-state index in [1.807, 2.05) is 13.1 Å². The van der Waals surface area contributed by atoms with Crippen LogP contribution in [0.15, 0.2) is 53.5 Å². The number of methoxy groups -OCH3 is 1. The van der Waals surface area contributed by atoms with Crippen molar-refractivity contribution < 1.29 is 9.47 Å². The van der Waals surface area contributed by atoms with Crippen LogP contribution in [0.1, 0.15) is 54.8 Å². The fraction of sp³-hybridized carbons (Fsp3) is 0.458. The molecular weight excluding hydrogens is 362 g/mol. The number of hydrogen-bond acceptors (Lipinski definition) is 3. The van der Waals surface area contributed by atoms with Crippen molar-refractivity contribution in [3.8, 4) is 5.75 Å². The van der Waals surface area contributed by atoms with Crippen LogP contribution >= 0.6 is 0 Å². The minimum atomic E-state index is -0.0318. The molecule has 1 atom stereocenters. The summed E-state index contributed by atoms with van der Waals surface area (Å²) in [6.45, 7) is 1.31. The van der Waals surface area contributed by atoms with Gasteiger partial charge in [-0.25, -0.2) is 0 Å². The second kappa shape index (κ2) is 8.87. The molecule has 0 radical (unpaired) electrons. The van der Waals surface area contributed by atoms with Crippen LogP contribution in [0, 0.1) is 0 Å². The van der Waals surface area contributed by atoms with Gasteiger partial charge < -0.3 is 20.1 Å². The standard InChI is InChI=1S/C24H31N3O2/c1-25-23(26-16-18-9-3-4-10-19(18)17-28-2)27-21-15-24(13-7-8-14-24)29-22-12-6-5-11-20(21)22/h3-6,9-12,21H,7-8,13-17H2,1-2H3,(H2,25,26,27). The van der Waals surface area contributed by atoms with Crippen molar-refractivity contribution in [2.24, 2.45) is 4.99 Å². The van der Waals surface area contributed by atoms with Crippen LogP contribution in [0.4, 0.5) is 0 Å². The van der Waals surface area contributed by atoms with E-state index < -0.39 is 0 Å². The molecule has 0 bridgehead atoms. The van der Waals surface area contributed by atoms with Crippen molar-refractivity contribution in [1.82, 2.24) is 10.6 Å². The number of para-hydroxylation sites is 1. The number of rotatable bonds is 5. The van der Waals surface area contributed by atoms with Gasteiger partial charge in [-0.05, 0) is 42.9 Å². The van der Waals surface area contributed by atoms with E-state index >= 15 is 0 Å². The minimum Gasteiger partial charge on any atom is -0.487 e. The van der Waals surface area contributed by atoms with Crippen LogP contribution in [0.2, 0.25) is 0 Å². The molecule has 1 unspecified atom stereocenters. The molecule has 29 heavy (non-hydrogen) atoms. The number of hydrogen-bond donors (Lipinski definition) is 2. The molecule has 2 N–H and O–H groups in total. The Labute approximate surface area is 173 Å². The summed E-state index contributed by atoms with van der Waals surface area (Å²) in [5, 5.41) is 7.15. The minimum absolute atomic E-state index is 0.0318. The number of nitrogens with one attached hydrogen (secondary N) is 2. The predicted molar refractivity (Wildman–Crippen MR) is 116 cm³/mol. The van der Waals surface area contributed by atoms with Gasteiger partial charge in [-0.15, -0.1) is 0 Å². The quantitative estimate of drug-likeness (QED) is 0.586. The summed E-state index contributed by atoms with van der Waals surface area (Å²) < 4.78 is 11.8. The SMILES string of the molecule is CN=C(NCc1ccccc1COC)NC1CC2(CCCC2)Oc2ccccc21. The van der Waals surface area contributed by atoms with Gasteiger partial charge in [-0.1, -0.05) is 42.5 Å². The van der Waals surface area contributed by atoms with Gasteiger partial charge in [0.15, 0.2) is 5.96 Å². The Balaban J connectivity index is 1.48. The lowest BCUT2D eigenvalue weighted by molar-refractivity contribution is 0.0396. The first kappa shape index (κ1) is 19.8. The first-order valence-corrected chi connectivity index (χ1v) is 10.5. The molecule has 2 aromatic rings. The number of benzene rings is 2. The van der Waals surface area contributed by atoms with Crippen LogP contribution < -0.4 is 15.4 Å². The highest BCUT2D eigenvalue weighted by Crippen LogP contribution is 2.46.